The molecular weight excluding hydrogens is 198 g/mol. The van der Waals surface area contributed by atoms with Gasteiger partial charge in [-0.25, -0.2) is 0 Å². The van der Waals surface area contributed by atoms with Gasteiger partial charge in [0.2, 0.25) is 5.13 Å². The highest BCUT2D eigenvalue weighted by Gasteiger charge is 2.14. The van der Waals surface area contributed by atoms with E-state index in [9.17, 15) is 0 Å². The lowest BCUT2D eigenvalue weighted by atomic mass is 10.1. The van der Waals surface area contributed by atoms with E-state index in [-0.39, 0.29) is 0 Å². The minimum absolute atomic E-state index is 0.308. The molecule has 1 N–H and O–H groups in total. The number of hydrogen-bond donors (Lipinski definition) is 1. The lowest BCUT2D eigenvalue weighted by Gasteiger charge is -2.21. The maximum atomic E-state index is 5.40. The van der Waals surface area contributed by atoms with Crippen molar-refractivity contribution in [2.75, 3.05) is 18.5 Å². The van der Waals surface area contributed by atoms with Crippen LogP contribution in [0.2, 0.25) is 0 Å². The van der Waals surface area contributed by atoms with Gasteiger partial charge in [0.25, 0.3) is 0 Å². The van der Waals surface area contributed by atoms with E-state index in [1.165, 1.54) is 11.3 Å². The fourth-order valence-corrected chi connectivity index (χ4v) is 1.55. The summed E-state index contributed by atoms with van der Waals surface area (Å²) in [6.07, 6.45) is 0. The minimum atomic E-state index is 0.308. The minimum Gasteiger partial charge on any atom is -0.380 e. The Morgan fingerprint density at radius 3 is 2.86 bits per heavy atom. The molecule has 0 bridgehead atoms. The fraction of sp³-hybridized carbons (Fsp3) is 0.778. The van der Waals surface area contributed by atoms with E-state index in [0.29, 0.717) is 18.6 Å². The molecule has 5 heteroatoms. The Kier molecular flexibility index (Phi) is 4.82. The molecular formula is C9H17N3OS. The predicted octanol–water partition coefficient (Wildman–Crippen LogP) is 2.01. The number of aromatic nitrogens is 2. The molecule has 0 fully saturated rings. The van der Waals surface area contributed by atoms with Crippen LogP contribution in [0, 0.1) is 5.92 Å². The summed E-state index contributed by atoms with van der Waals surface area (Å²) in [6.45, 7) is 7.80. The van der Waals surface area contributed by atoms with Gasteiger partial charge in [-0.1, -0.05) is 25.2 Å². The Balaban J connectivity index is 2.43. The first-order valence-electron chi connectivity index (χ1n) is 4.84. The summed E-state index contributed by atoms with van der Waals surface area (Å²) in [5, 5.41) is 11.9. The number of ether oxygens (including phenoxy) is 1. The Morgan fingerprint density at radius 2 is 2.36 bits per heavy atom. The number of hydrogen-bond acceptors (Lipinski definition) is 5. The lowest BCUT2D eigenvalue weighted by Crippen LogP contribution is -2.30. The Morgan fingerprint density at radius 1 is 1.57 bits per heavy atom. The summed E-state index contributed by atoms with van der Waals surface area (Å²) in [4.78, 5) is 0. The van der Waals surface area contributed by atoms with Crippen LogP contribution in [-0.4, -0.2) is 29.5 Å². The molecule has 1 aromatic heterocycles. The predicted molar refractivity (Wildman–Crippen MR) is 58.7 cm³/mol. The third-order valence-electron chi connectivity index (χ3n) is 1.98. The summed E-state index contributed by atoms with van der Waals surface area (Å²) in [7, 11) is 0. The molecule has 0 aliphatic heterocycles. The van der Waals surface area contributed by atoms with Gasteiger partial charge in [-0.3, -0.25) is 0 Å². The van der Waals surface area contributed by atoms with Gasteiger partial charge in [0.15, 0.2) is 0 Å². The van der Waals surface area contributed by atoms with Crippen LogP contribution < -0.4 is 5.32 Å². The van der Waals surface area contributed by atoms with E-state index >= 15 is 0 Å². The molecule has 1 atom stereocenters. The molecule has 14 heavy (non-hydrogen) atoms. The van der Waals surface area contributed by atoms with Crippen LogP contribution in [0.1, 0.15) is 20.8 Å². The van der Waals surface area contributed by atoms with Crippen molar-refractivity contribution in [1.82, 2.24) is 10.2 Å². The second-order valence-corrected chi connectivity index (χ2v) is 4.23. The first kappa shape index (κ1) is 11.4. The van der Waals surface area contributed by atoms with Crippen LogP contribution in [0.5, 0.6) is 0 Å². The maximum Gasteiger partial charge on any atom is 0.205 e. The van der Waals surface area contributed by atoms with E-state index in [4.69, 9.17) is 4.74 Å². The average molecular weight is 215 g/mol. The average Bonchev–Trinajstić information content (AvgIpc) is 2.64. The Hall–Kier alpha value is -0.680. The number of anilines is 1. The van der Waals surface area contributed by atoms with Crippen LogP contribution in [-0.2, 0) is 4.74 Å². The van der Waals surface area contributed by atoms with Crippen molar-refractivity contribution in [3.8, 4) is 0 Å². The quantitative estimate of drug-likeness (QED) is 0.788. The van der Waals surface area contributed by atoms with Crippen LogP contribution in [0.15, 0.2) is 5.51 Å². The van der Waals surface area contributed by atoms with Crippen molar-refractivity contribution in [3.05, 3.63) is 5.51 Å². The topological polar surface area (TPSA) is 47.0 Å². The molecule has 0 saturated heterocycles. The molecule has 0 aromatic carbocycles. The van der Waals surface area contributed by atoms with Crippen LogP contribution in [0.3, 0.4) is 0 Å². The van der Waals surface area contributed by atoms with Gasteiger partial charge in [-0.2, -0.15) is 0 Å². The van der Waals surface area contributed by atoms with Crippen molar-refractivity contribution >= 4 is 16.5 Å². The van der Waals surface area contributed by atoms with E-state index < -0.39 is 0 Å². The smallest absolute Gasteiger partial charge is 0.205 e. The molecule has 1 aromatic rings. The summed E-state index contributed by atoms with van der Waals surface area (Å²) < 4.78 is 5.40. The van der Waals surface area contributed by atoms with E-state index in [1.807, 2.05) is 6.92 Å². The van der Waals surface area contributed by atoms with E-state index in [0.717, 1.165) is 11.7 Å². The van der Waals surface area contributed by atoms with Gasteiger partial charge < -0.3 is 10.1 Å². The van der Waals surface area contributed by atoms with Gasteiger partial charge in [-0.15, -0.1) is 10.2 Å². The number of nitrogens with one attached hydrogen (secondary N) is 1. The third kappa shape index (κ3) is 3.59. The van der Waals surface area contributed by atoms with Crippen molar-refractivity contribution < 1.29 is 4.74 Å². The summed E-state index contributed by atoms with van der Waals surface area (Å²) in [6, 6.07) is 0.308. The molecule has 1 heterocycles. The molecule has 0 radical (unpaired) electrons. The molecule has 80 valence electrons. The van der Waals surface area contributed by atoms with Crippen LogP contribution in [0.4, 0.5) is 5.13 Å². The maximum absolute atomic E-state index is 5.40. The lowest BCUT2D eigenvalue weighted by molar-refractivity contribution is 0.127. The number of nitrogens with zero attached hydrogens (tertiary/aromatic N) is 2. The zero-order valence-electron chi connectivity index (χ0n) is 8.86. The molecule has 4 nitrogen and oxygen atoms in total. The molecule has 0 saturated carbocycles. The van der Waals surface area contributed by atoms with Gasteiger partial charge in [0.1, 0.15) is 5.51 Å². The Bertz CT molecular complexity index is 238. The SMILES string of the molecule is CCOCC(Nc1nncs1)C(C)C. The van der Waals surface area contributed by atoms with Crippen molar-refractivity contribution in [3.63, 3.8) is 0 Å². The second kappa shape index (κ2) is 5.93. The first-order chi connectivity index (χ1) is 6.74. The van der Waals surface area contributed by atoms with Crippen molar-refractivity contribution in [1.29, 1.82) is 0 Å². The Labute approximate surface area is 88.7 Å². The summed E-state index contributed by atoms with van der Waals surface area (Å²) in [5.41, 5.74) is 1.72. The molecule has 0 aliphatic carbocycles. The molecule has 0 amide bonds. The standard InChI is InChI=1S/C9H17N3OS/c1-4-13-5-8(7(2)3)11-9-12-10-6-14-9/h6-8H,4-5H2,1-3H3,(H,11,12). The second-order valence-electron chi connectivity index (χ2n) is 3.40. The summed E-state index contributed by atoms with van der Waals surface area (Å²) in [5.74, 6) is 0.519. The first-order valence-corrected chi connectivity index (χ1v) is 5.72. The van der Waals surface area contributed by atoms with E-state index in [2.05, 4.69) is 29.4 Å². The number of rotatable bonds is 6. The normalized spacial score (nSPS) is 13.1. The molecule has 1 rings (SSSR count). The third-order valence-corrected chi connectivity index (χ3v) is 2.60. The van der Waals surface area contributed by atoms with Gasteiger partial charge in [0.05, 0.1) is 12.6 Å². The fourth-order valence-electron chi connectivity index (χ4n) is 1.04. The van der Waals surface area contributed by atoms with Gasteiger partial charge >= 0.3 is 0 Å². The van der Waals surface area contributed by atoms with Crippen molar-refractivity contribution in [2.24, 2.45) is 5.92 Å². The molecule has 0 aliphatic rings. The molecule has 1 unspecified atom stereocenters. The van der Waals surface area contributed by atoms with Gasteiger partial charge in [-0.05, 0) is 12.8 Å². The highest BCUT2D eigenvalue weighted by Crippen LogP contribution is 2.14. The monoisotopic (exact) mass is 215 g/mol. The summed E-state index contributed by atoms with van der Waals surface area (Å²) >= 11 is 1.51. The highest BCUT2D eigenvalue weighted by molar-refractivity contribution is 7.13. The zero-order chi connectivity index (χ0) is 10.4. The highest BCUT2D eigenvalue weighted by atomic mass is 32.1. The largest absolute Gasteiger partial charge is 0.380 e. The zero-order valence-corrected chi connectivity index (χ0v) is 9.67. The van der Waals surface area contributed by atoms with Crippen LogP contribution >= 0.6 is 11.3 Å². The molecule has 0 spiro atoms. The van der Waals surface area contributed by atoms with Gasteiger partial charge in [0, 0.05) is 6.61 Å². The van der Waals surface area contributed by atoms with E-state index in [1.54, 1.807) is 5.51 Å². The van der Waals surface area contributed by atoms with Crippen LogP contribution in [0.25, 0.3) is 0 Å². The van der Waals surface area contributed by atoms with Crippen molar-refractivity contribution in [2.45, 2.75) is 26.8 Å².